The minimum atomic E-state index is -0.415. The highest BCUT2D eigenvalue weighted by molar-refractivity contribution is 5.89. The molecular weight excluding hydrogens is 242 g/mol. The molecule has 2 fully saturated rings. The number of hydrogen-bond donors (Lipinski definition) is 2. The topological polar surface area (TPSA) is 61.4 Å². The van der Waals surface area contributed by atoms with Crippen molar-refractivity contribution in [3.05, 3.63) is 0 Å². The van der Waals surface area contributed by atoms with Crippen molar-refractivity contribution in [1.82, 2.24) is 15.5 Å². The summed E-state index contributed by atoms with van der Waals surface area (Å²) in [4.78, 5) is 26.2. The first-order valence-corrected chi connectivity index (χ1v) is 7.42. The molecule has 2 heterocycles. The second-order valence-corrected chi connectivity index (χ2v) is 5.81. The van der Waals surface area contributed by atoms with E-state index >= 15 is 0 Å². The van der Waals surface area contributed by atoms with Gasteiger partial charge in [0.05, 0.1) is 6.04 Å². The third-order valence-electron chi connectivity index (χ3n) is 4.20. The Morgan fingerprint density at radius 2 is 1.95 bits per heavy atom. The van der Waals surface area contributed by atoms with Crippen LogP contribution in [0.2, 0.25) is 0 Å². The van der Waals surface area contributed by atoms with Gasteiger partial charge in [-0.2, -0.15) is 0 Å². The van der Waals surface area contributed by atoms with Crippen molar-refractivity contribution in [3.63, 3.8) is 0 Å². The molecule has 108 valence electrons. The Labute approximate surface area is 115 Å². The smallest absolute Gasteiger partial charge is 0.244 e. The summed E-state index contributed by atoms with van der Waals surface area (Å²) < 4.78 is 0. The summed E-state index contributed by atoms with van der Waals surface area (Å²) in [5.41, 5.74) is 0. The molecule has 2 aliphatic rings. The second-order valence-electron chi connectivity index (χ2n) is 5.81. The van der Waals surface area contributed by atoms with Gasteiger partial charge in [-0.25, -0.2) is 0 Å². The fraction of sp³-hybridized carbons (Fsp3) is 0.857. The van der Waals surface area contributed by atoms with Crippen LogP contribution in [0.5, 0.6) is 0 Å². The summed E-state index contributed by atoms with van der Waals surface area (Å²) in [7, 11) is 0. The quantitative estimate of drug-likeness (QED) is 0.783. The number of amides is 2. The van der Waals surface area contributed by atoms with E-state index in [0.29, 0.717) is 5.92 Å². The lowest BCUT2D eigenvalue weighted by molar-refractivity contribution is -0.136. The van der Waals surface area contributed by atoms with E-state index in [1.807, 2.05) is 4.90 Å². The number of piperidine rings is 1. The normalized spacial score (nSPS) is 29.1. The average molecular weight is 267 g/mol. The molecule has 2 rings (SSSR count). The van der Waals surface area contributed by atoms with Gasteiger partial charge in [-0.15, -0.1) is 0 Å². The van der Waals surface area contributed by atoms with E-state index in [4.69, 9.17) is 0 Å². The van der Waals surface area contributed by atoms with Crippen molar-refractivity contribution in [3.8, 4) is 0 Å². The molecule has 0 aromatic rings. The second kappa shape index (κ2) is 6.37. The third kappa shape index (κ3) is 3.47. The van der Waals surface area contributed by atoms with Crippen LogP contribution in [-0.2, 0) is 9.59 Å². The lowest BCUT2D eigenvalue weighted by atomic mass is 9.92. The van der Waals surface area contributed by atoms with E-state index in [9.17, 15) is 9.59 Å². The largest absolute Gasteiger partial charge is 0.343 e. The predicted octanol–water partition coefficient (Wildman–Crippen LogP) is 0.502. The molecule has 0 aromatic carbocycles. The highest BCUT2D eigenvalue weighted by atomic mass is 16.2. The number of nitrogens with zero attached hydrogens (tertiary/aromatic N) is 1. The maximum atomic E-state index is 12.2. The Kier molecular flexibility index (Phi) is 4.80. The lowest BCUT2D eigenvalue weighted by Gasteiger charge is -2.30. The molecule has 5 nitrogen and oxygen atoms in total. The van der Waals surface area contributed by atoms with Gasteiger partial charge in [-0.1, -0.05) is 6.92 Å². The van der Waals surface area contributed by atoms with E-state index in [1.165, 1.54) is 0 Å². The van der Waals surface area contributed by atoms with Crippen LogP contribution < -0.4 is 10.6 Å². The maximum Gasteiger partial charge on any atom is 0.244 e. The zero-order chi connectivity index (χ0) is 13.8. The molecular formula is C14H25N3O2. The Balaban J connectivity index is 1.85. The first kappa shape index (κ1) is 14.3. The fourth-order valence-corrected chi connectivity index (χ4v) is 2.98. The molecule has 19 heavy (non-hydrogen) atoms. The van der Waals surface area contributed by atoms with Gasteiger partial charge in [0.2, 0.25) is 11.8 Å². The molecule has 2 saturated heterocycles. The molecule has 2 aliphatic heterocycles. The van der Waals surface area contributed by atoms with E-state index < -0.39 is 6.04 Å². The predicted molar refractivity (Wildman–Crippen MR) is 73.6 cm³/mol. The molecule has 0 radical (unpaired) electrons. The number of likely N-dealkylation sites (tertiary alicyclic amines) is 1. The van der Waals surface area contributed by atoms with E-state index in [1.54, 1.807) is 6.92 Å². The lowest BCUT2D eigenvalue weighted by Crippen LogP contribution is -2.55. The molecule has 0 aromatic heterocycles. The fourth-order valence-electron chi connectivity index (χ4n) is 2.98. The van der Waals surface area contributed by atoms with Crippen molar-refractivity contribution >= 4 is 11.8 Å². The van der Waals surface area contributed by atoms with E-state index in [0.717, 1.165) is 45.3 Å². The highest BCUT2D eigenvalue weighted by Gasteiger charge is 2.30. The Bertz CT molecular complexity index is 340. The van der Waals surface area contributed by atoms with Crippen LogP contribution in [0.1, 0.15) is 39.5 Å². The van der Waals surface area contributed by atoms with E-state index in [2.05, 4.69) is 17.6 Å². The number of carbonyl (C=O) groups is 2. The van der Waals surface area contributed by atoms with Crippen molar-refractivity contribution in [2.45, 2.75) is 51.6 Å². The van der Waals surface area contributed by atoms with Crippen LogP contribution in [-0.4, -0.2) is 48.4 Å². The zero-order valence-electron chi connectivity index (χ0n) is 11.9. The molecule has 5 heteroatoms. The Hall–Kier alpha value is -1.10. The summed E-state index contributed by atoms with van der Waals surface area (Å²) in [5.74, 6) is 0.351. The minimum Gasteiger partial charge on any atom is -0.343 e. The summed E-state index contributed by atoms with van der Waals surface area (Å²) >= 11 is 0. The SMILES string of the molecule is CC(NC(=O)C1NCCCC1C)C(=O)N1CCCC1. The van der Waals surface area contributed by atoms with Crippen molar-refractivity contribution in [2.24, 2.45) is 5.92 Å². The van der Waals surface area contributed by atoms with Crippen LogP contribution in [0.4, 0.5) is 0 Å². The number of carbonyl (C=O) groups excluding carboxylic acids is 2. The molecule has 0 saturated carbocycles. The molecule has 2 amide bonds. The highest BCUT2D eigenvalue weighted by Crippen LogP contribution is 2.16. The summed E-state index contributed by atoms with van der Waals surface area (Å²) in [6.45, 7) is 6.42. The van der Waals surface area contributed by atoms with Crippen LogP contribution in [0.3, 0.4) is 0 Å². The maximum absolute atomic E-state index is 12.2. The summed E-state index contributed by atoms with van der Waals surface area (Å²) in [6.07, 6.45) is 4.34. The first-order valence-electron chi connectivity index (χ1n) is 7.42. The standard InChI is InChI=1S/C14H25N3O2/c1-10-6-5-7-15-12(10)13(18)16-11(2)14(19)17-8-3-4-9-17/h10-12,15H,3-9H2,1-2H3,(H,16,18). The number of rotatable bonds is 3. The Morgan fingerprint density at radius 1 is 1.26 bits per heavy atom. The van der Waals surface area contributed by atoms with Gasteiger partial charge in [0.15, 0.2) is 0 Å². The molecule has 0 bridgehead atoms. The van der Waals surface area contributed by atoms with Gasteiger partial charge in [-0.05, 0) is 45.1 Å². The van der Waals surface area contributed by atoms with Crippen LogP contribution in [0.15, 0.2) is 0 Å². The number of hydrogen-bond acceptors (Lipinski definition) is 3. The average Bonchev–Trinajstić information content (AvgIpc) is 2.92. The van der Waals surface area contributed by atoms with Crippen LogP contribution in [0.25, 0.3) is 0 Å². The van der Waals surface area contributed by atoms with Crippen molar-refractivity contribution in [1.29, 1.82) is 0 Å². The minimum absolute atomic E-state index is 0.0350. The van der Waals surface area contributed by atoms with Gasteiger partial charge in [-0.3, -0.25) is 9.59 Å². The molecule has 2 N–H and O–H groups in total. The Morgan fingerprint density at radius 3 is 2.58 bits per heavy atom. The van der Waals surface area contributed by atoms with Gasteiger partial charge in [0.1, 0.15) is 6.04 Å². The first-order chi connectivity index (χ1) is 9.09. The van der Waals surface area contributed by atoms with Crippen LogP contribution in [0, 0.1) is 5.92 Å². The molecule has 3 unspecified atom stereocenters. The zero-order valence-corrected chi connectivity index (χ0v) is 11.9. The van der Waals surface area contributed by atoms with Gasteiger partial charge < -0.3 is 15.5 Å². The number of nitrogens with one attached hydrogen (secondary N) is 2. The van der Waals surface area contributed by atoms with Gasteiger partial charge in [0, 0.05) is 13.1 Å². The van der Waals surface area contributed by atoms with Gasteiger partial charge >= 0.3 is 0 Å². The van der Waals surface area contributed by atoms with E-state index in [-0.39, 0.29) is 17.9 Å². The monoisotopic (exact) mass is 267 g/mol. The van der Waals surface area contributed by atoms with Crippen molar-refractivity contribution in [2.75, 3.05) is 19.6 Å². The molecule has 0 aliphatic carbocycles. The third-order valence-corrected chi connectivity index (χ3v) is 4.20. The molecule has 3 atom stereocenters. The van der Waals surface area contributed by atoms with Crippen molar-refractivity contribution < 1.29 is 9.59 Å². The summed E-state index contributed by atoms with van der Waals surface area (Å²) in [6, 6.07) is -0.566. The molecule has 0 spiro atoms. The summed E-state index contributed by atoms with van der Waals surface area (Å²) in [5, 5.41) is 6.11. The van der Waals surface area contributed by atoms with Gasteiger partial charge in [0.25, 0.3) is 0 Å². The van der Waals surface area contributed by atoms with Crippen LogP contribution >= 0.6 is 0 Å².